The number of nitrogens with one attached hydrogen (secondary N) is 2. The van der Waals surface area contributed by atoms with E-state index in [0.29, 0.717) is 0 Å². The van der Waals surface area contributed by atoms with Crippen LogP contribution in [0.1, 0.15) is 27.7 Å². The number of hydrogen-bond donors (Lipinski definition) is 2. The van der Waals surface area contributed by atoms with Crippen LogP contribution in [0.4, 0.5) is 0 Å². The molecule has 0 spiro atoms. The summed E-state index contributed by atoms with van der Waals surface area (Å²) < 4.78 is 0. The van der Waals surface area contributed by atoms with Crippen molar-refractivity contribution in [3.8, 4) is 12.3 Å². The van der Waals surface area contributed by atoms with Crippen LogP contribution in [0.2, 0.25) is 0 Å². The smallest absolute Gasteiger partial charge is 0.237 e. The van der Waals surface area contributed by atoms with Crippen LogP contribution in [0, 0.1) is 12.3 Å². The number of amides is 1. The topological polar surface area (TPSA) is 41.1 Å². The molecular formula is C12H22N2OS. The second-order valence-electron chi connectivity index (χ2n) is 4.67. The molecule has 0 saturated heterocycles. The van der Waals surface area contributed by atoms with Crippen LogP contribution in [-0.2, 0) is 4.79 Å². The van der Waals surface area contributed by atoms with Crippen LogP contribution in [0.3, 0.4) is 0 Å². The lowest BCUT2D eigenvalue weighted by Crippen LogP contribution is -2.49. The van der Waals surface area contributed by atoms with Crippen LogP contribution in [0.5, 0.6) is 0 Å². The third-order valence-corrected chi connectivity index (χ3v) is 2.64. The lowest BCUT2D eigenvalue weighted by atomic mass is 10.1. The zero-order chi connectivity index (χ0) is 12.6. The minimum absolute atomic E-state index is 0.0365. The summed E-state index contributed by atoms with van der Waals surface area (Å²) in [5.41, 5.74) is -0.175. The summed E-state index contributed by atoms with van der Waals surface area (Å²) in [6.07, 6.45) is 5.13. The Labute approximate surface area is 103 Å². The highest BCUT2D eigenvalue weighted by Crippen LogP contribution is 2.00. The minimum Gasteiger partial charge on any atom is -0.350 e. The predicted molar refractivity (Wildman–Crippen MR) is 71.5 cm³/mol. The molecule has 0 aliphatic rings. The van der Waals surface area contributed by atoms with Gasteiger partial charge in [-0.1, -0.05) is 5.92 Å². The molecular weight excluding hydrogens is 220 g/mol. The second-order valence-corrected chi connectivity index (χ2v) is 5.78. The van der Waals surface area contributed by atoms with Gasteiger partial charge in [0.1, 0.15) is 0 Å². The van der Waals surface area contributed by atoms with Gasteiger partial charge in [0.05, 0.1) is 11.8 Å². The molecule has 2 N–H and O–H groups in total. The Morgan fingerprint density at radius 1 is 1.50 bits per heavy atom. The van der Waals surface area contributed by atoms with Crippen molar-refractivity contribution in [3.05, 3.63) is 0 Å². The monoisotopic (exact) mass is 242 g/mol. The van der Waals surface area contributed by atoms with Crippen molar-refractivity contribution in [2.24, 2.45) is 0 Å². The molecule has 0 heterocycles. The Morgan fingerprint density at radius 2 is 2.12 bits per heavy atom. The van der Waals surface area contributed by atoms with E-state index < -0.39 is 0 Å². The Balaban J connectivity index is 3.68. The van der Waals surface area contributed by atoms with Gasteiger partial charge in [0.25, 0.3) is 0 Å². The van der Waals surface area contributed by atoms with Gasteiger partial charge in [-0.05, 0) is 27.7 Å². The fourth-order valence-electron chi connectivity index (χ4n) is 1.05. The van der Waals surface area contributed by atoms with Crippen LogP contribution in [0.15, 0.2) is 0 Å². The van der Waals surface area contributed by atoms with Gasteiger partial charge in [-0.2, -0.15) is 0 Å². The number of carbonyl (C=O) groups excluding carboxylic acids is 1. The molecule has 0 aliphatic heterocycles. The first kappa shape index (κ1) is 15.3. The van der Waals surface area contributed by atoms with E-state index in [1.165, 1.54) is 0 Å². The third kappa shape index (κ3) is 8.63. The van der Waals surface area contributed by atoms with Gasteiger partial charge in [-0.25, -0.2) is 0 Å². The largest absolute Gasteiger partial charge is 0.350 e. The fourth-order valence-corrected chi connectivity index (χ4v) is 1.57. The molecule has 16 heavy (non-hydrogen) atoms. The van der Waals surface area contributed by atoms with E-state index in [9.17, 15) is 4.79 Å². The molecule has 1 amide bonds. The highest BCUT2D eigenvalue weighted by atomic mass is 32.2. The molecule has 0 saturated carbocycles. The molecule has 0 aromatic rings. The maximum atomic E-state index is 11.7. The number of rotatable bonds is 6. The fraction of sp³-hybridized carbons (Fsp3) is 0.750. The van der Waals surface area contributed by atoms with Crippen molar-refractivity contribution >= 4 is 17.7 Å². The first-order valence-electron chi connectivity index (χ1n) is 5.43. The van der Waals surface area contributed by atoms with E-state index in [-0.39, 0.29) is 17.5 Å². The lowest BCUT2D eigenvalue weighted by Gasteiger charge is -2.23. The highest BCUT2D eigenvalue weighted by molar-refractivity contribution is 7.99. The molecule has 0 rings (SSSR count). The number of terminal acetylenes is 1. The number of thioether (sulfide) groups is 1. The van der Waals surface area contributed by atoms with Gasteiger partial charge in [-0.3, -0.25) is 4.79 Å². The van der Waals surface area contributed by atoms with Gasteiger partial charge >= 0.3 is 0 Å². The Bertz CT molecular complexity index is 253. The van der Waals surface area contributed by atoms with E-state index in [1.807, 2.05) is 27.7 Å². The molecule has 0 bridgehead atoms. The van der Waals surface area contributed by atoms with E-state index >= 15 is 0 Å². The summed E-state index contributed by atoms with van der Waals surface area (Å²) >= 11 is 1.69. The zero-order valence-corrected chi connectivity index (χ0v) is 11.4. The Kier molecular flexibility index (Phi) is 7.27. The van der Waals surface area contributed by atoms with Crippen molar-refractivity contribution in [1.82, 2.24) is 10.6 Å². The molecule has 0 radical (unpaired) electrons. The minimum atomic E-state index is -0.175. The lowest BCUT2D eigenvalue weighted by molar-refractivity contribution is -0.124. The summed E-state index contributed by atoms with van der Waals surface area (Å²) in [4.78, 5) is 11.7. The van der Waals surface area contributed by atoms with Crippen molar-refractivity contribution in [2.45, 2.75) is 39.3 Å². The third-order valence-electron chi connectivity index (χ3n) is 1.77. The van der Waals surface area contributed by atoms with Gasteiger partial charge in [-0.15, -0.1) is 18.2 Å². The maximum Gasteiger partial charge on any atom is 0.237 e. The summed E-state index contributed by atoms with van der Waals surface area (Å²) in [7, 11) is 0. The Hall–Kier alpha value is -0.660. The molecule has 1 atom stereocenters. The summed E-state index contributed by atoms with van der Waals surface area (Å²) in [6.45, 7) is 8.58. The normalized spacial score (nSPS) is 12.9. The molecule has 1 unspecified atom stereocenters. The molecule has 0 fully saturated rings. The van der Waals surface area contributed by atoms with Crippen molar-refractivity contribution in [3.63, 3.8) is 0 Å². The zero-order valence-electron chi connectivity index (χ0n) is 10.6. The maximum absolute atomic E-state index is 11.7. The van der Waals surface area contributed by atoms with Crippen LogP contribution in [-0.4, -0.2) is 35.5 Å². The molecule has 0 aromatic carbocycles. The molecule has 92 valence electrons. The molecule has 3 nitrogen and oxygen atoms in total. The molecule has 4 heteroatoms. The van der Waals surface area contributed by atoms with E-state index in [4.69, 9.17) is 6.42 Å². The van der Waals surface area contributed by atoms with Gasteiger partial charge in [0.2, 0.25) is 5.91 Å². The second kappa shape index (κ2) is 7.59. The molecule has 0 aromatic heterocycles. The van der Waals surface area contributed by atoms with Crippen LogP contribution < -0.4 is 10.6 Å². The summed E-state index contributed by atoms with van der Waals surface area (Å²) in [5, 5.41) is 6.09. The number of carbonyl (C=O) groups is 1. The van der Waals surface area contributed by atoms with Gasteiger partial charge in [0.15, 0.2) is 0 Å². The van der Waals surface area contributed by atoms with Gasteiger partial charge in [0, 0.05) is 17.8 Å². The van der Waals surface area contributed by atoms with E-state index in [2.05, 4.69) is 16.6 Å². The quantitative estimate of drug-likeness (QED) is 0.544. The van der Waals surface area contributed by atoms with Crippen LogP contribution in [0.25, 0.3) is 0 Å². The summed E-state index contributed by atoms with van der Waals surface area (Å²) in [6, 6.07) is -0.161. The first-order chi connectivity index (χ1) is 7.37. The van der Waals surface area contributed by atoms with Crippen molar-refractivity contribution in [2.75, 3.05) is 18.1 Å². The van der Waals surface area contributed by atoms with E-state index in [0.717, 1.165) is 18.1 Å². The predicted octanol–water partition coefficient (Wildman–Crippen LogP) is 1.25. The van der Waals surface area contributed by atoms with Crippen molar-refractivity contribution in [1.29, 1.82) is 0 Å². The van der Waals surface area contributed by atoms with Gasteiger partial charge < -0.3 is 10.6 Å². The van der Waals surface area contributed by atoms with E-state index in [1.54, 1.807) is 11.8 Å². The highest BCUT2D eigenvalue weighted by Gasteiger charge is 2.18. The first-order valence-corrected chi connectivity index (χ1v) is 6.59. The Morgan fingerprint density at radius 3 is 2.62 bits per heavy atom. The average Bonchev–Trinajstić information content (AvgIpc) is 2.14. The summed E-state index contributed by atoms with van der Waals surface area (Å²) in [5.74, 6) is 4.26. The average molecular weight is 242 g/mol. The molecule has 0 aliphatic carbocycles. The van der Waals surface area contributed by atoms with Crippen molar-refractivity contribution < 1.29 is 4.79 Å². The SMILES string of the molecule is C#CCSCCNC(C)C(=O)NC(C)(C)C. The standard InChI is InChI=1S/C12H22N2OS/c1-6-8-16-9-7-13-10(2)11(15)14-12(3,4)5/h1,10,13H,7-9H2,2-5H3,(H,14,15). The van der Waals surface area contributed by atoms with Crippen LogP contribution >= 0.6 is 11.8 Å². The number of hydrogen-bond acceptors (Lipinski definition) is 3.